The Morgan fingerprint density at radius 1 is 1.44 bits per heavy atom. The van der Waals surface area contributed by atoms with Gasteiger partial charge in [0.2, 0.25) is 0 Å². The third-order valence-corrected chi connectivity index (χ3v) is 2.77. The maximum absolute atomic E-state index is 11.1. The molecule has 0 saturated heterocycles. The molecule has 6 nitrogen and oxygen atoms in total. The molecule has 0 radical (unpaired) electrons. The average molecular weight is 255 g/mol. The van der Waals surface area contributed by atoms with Gasteiger partial charge in [0.05, 0.1) is 12.8 Å². The van der Waals surface area contributed by atoms with Crippen LogP contribution in [0.25, 0.3) is 0 Å². The Labute approximate surface area is 107 Å². The summed E-state index contributed by atoms with van der Waals surface area (Å²) in [5.74, 6) is -0.380. The molecule has 1 aromatic heterocycles. The van der Waals surface area contributed by atoms with E-state index in [0.717, 1.165) is 30.7 Å². The predicted octanol–water partition coefficient (Wildman–Crippen LogP) is 1.41. The van der Waals surface area contributed by atoms with Gasteiger partial charge in [-0.3, -0.25) is 4.68 Å². The molecule has 1 atom stereocenters. The molecule has 0 aliphatic heterocycles. The average Bonchev–Trinajstić information content (AvgIpc) is 2.73. The monoisotopic (exact) mass is 255 g/mol. The van der Waals surface area contributed by atoms with Crippen molar-refractivity contribution in [1.29, 1.82) is 0 Å². The molecule has 0 saturated carbocycles. The summed E-state index contributed by atoms with van der Waals surface area (Å²) in [6.07, 6.45) is 2.45. The first-order valence-electron chi connectivity index (χ1n) is 6.20. The summed E-state index contributed by atoms with van der Waals surface area (Å²) in [6, 6.07) is 0. The number of esters is 1. The van der Waals surface area contributed by atoms with Gasteiger partial charge in [0.1, 0.15) is 18.4 Å². The van der Waals surface area contributed by atoms with Crippen molar-refractivity contribution in [2.75, 3.05) is 13.7 Å². The fourth-order valence-electron chi connectivity index (χ4n) is 1.79. The van der Waals surface area contributed by atoms with E-state index in [1.165, 1.54) is 7.11 Å². The van der Waals surface area contributed by atoms with Gasteiger partial charge >= 0.3 is 5.97 Å². The molecular weight excluding hydrogens is 234 g/mol. The summed E-state index contributed by atoms with van der Waals surface area (Å²) in [7, 11) is 3.21. The lowest BCUT2D eigenvalue weighted by Gasteiger charge is -2.14. The van der Waals surface area contributed by atoms with Gasteiger partial charge < -0.3 is 9.47 Å². The lowest BCUT2D eigenvalue weighted by Crippen LogP contribution is -2.15. The van der Waals surface area contributed by atoms with E-state index in [0.29, 0.717) is 0 Å². The number of nitrogens with zero attached hydrogens (tertiary/aromatic N) is 3. The second kappa shape index (κ2) is 7.10. The Hall–Kier alpha value is -1.43. The minimum atomic E-state index is -0.380. The number of carbonyl (C=O) groups excluding carboxylic acids is 1. The van der Waals surface area contributed by atoms with E-state index in [1.54, 1.807) is 4.68 Å². The molecule has 0 fully saturated rings. The summed E-state index contributed by atoms with van der Waals surface area (Å²) in [5, 5.41) is 8.17. The van der Waals surface area contributed by atoms with Crippen molar-refractivity contribution in [1.82, 2.24) is 15.0 Å². The van der Waals surface area contributed by atoms with E-state index in [4.69, 9.17) is 4.74 Å². The van der Waals surface area contributed by atoms with E-state index in [2.05, 4.69) is 22.0 Å². The highest BCUT2D eigenvalue weighted by Crippen LogP contribution is 2.23. The lowest BCUT2D eigenvalue weighted by molar-refractivity contribution is -0.148. The van der Waals surface area contributed by atoms with Gasteiger partial charge in [0, 0.05) is 7.05 Å². The van der Waals surface area contributed by atoms with E-state index < -0.39 is 0 Å². The highest BCUT2D eigenvalue weighted by atomic mass is 16.6. The molecule has 0 bridgehead atoms. The van der Waals surface area contributed by atoms with Crippen LogP contribution in [0.3, 0.4) is 0 Å². The summed E-state index contributed by atoms with van der Waals surface area (Å²) in [6.45, 7) is 4.04. The van der Waals surface area contributed by atoms with Crippen LogP contribution in [0.4, 0.5) is 0 Å². The molecular formula is C12H21N3O3. The quantitative estimate of drug-likeness (QED) is 0.689. The first-order valence-corrected chi connectivity index (χ1v) is 6.20. The van der Waals surface area contributed by atoms with Crippen LogP contribution in [-0.2, 0) is 27.7 Å². The Balaban J connectivity index is 2.78. The van der Waals surface area contributed by atoms with E-state index in [-0.39, 0.29) is 18.7 Å². The second-order valence-corrected chi connectivity index (χ2v) is 4.08. The first-order chi connectivity index (χ1) is 8.63. The molecule has 0 amide bonds. The molecule has 1 unspecified atom stereocenters. The molecule has 102 valence electrons. The highest BCUT2D eigenvalue weighted by Gasteiger charge is 2.20. The van der Waals surface area contributed by atoms with Gasteiger partial charge in [-0.1, -0.05) is 25.5 Å². The van der Waals surface area contributed by atoms with Crippen molar-refractivity contribution in [3.8, 4) is 0 Å². The van der Waals surface area contributed by atoms with Gasteiger partial charge in [0.25, 0.3) is 0 Å². The molecule has 1 rings (SSSR count). The summed E-state index contributed by atoms with van der Waals surface area (Å²) in [4.78, 5) is 11.1. The van der Waals surface area contributed by atoms with E-state index >= 15 is 0 Å². The van der Waals surface area contributed by atoms with Crippen LogP contribution < -0.4 is 0 Å². The van der Waals surface area contributed by atoms with Crippen LogP contribution in [0.15, 0.2) is 0 Å². The van der Waals surface area contributed by atoms with Crippen molar-refractivity contribution in [2.45, 2.75) is 39.2 Å². The topological polar surface area (TPSA) is 66.2 Å². The standard InChI is InChI=1S/C12H21N3O3/c1-5-7-9-12(13-14-15(9)3)10(6-2)18-8-11(16)17-4/h10H,5-8H2,1-4H3. The second-order valence-electron chi connectivity index (χ2n) is 4.08. The van der Waals surface area contributed by atoms with Crippen LogP contribution in [0, 0.1) is 0 Å². The summed E-state index contributed by atoms with van der Waals surface area (Å²) < 4.78 is 11.9. The molecule has 1 aromatic rings. The van der Waals surface area contributed by atoms with Crippen molar-refractivity contribution in [3.63, 3.8) is 0 Å². The van der Waals surface area contributed by atoms with Crippen molar-refractivity contribution >= 4 is 5.97 Å². The minimum Gasteiger partial charge on any atom is -0.467 e. The van der Waals surface area contributed by atoms with E-state index in [1.807, 2.05) is 14.0 Å². The van der Waals surface area contributed by atoms with Gasteiger partial charge in [-0.15, -0.1) is 5.10 Å². The largest absolute Gasteiger partial charge is 0.467 e. The van der Waals surface area contributed by atoms with Crippen molar-refractivity contribution in [3.05, 3.63) is 11.4 Å². The van der Waals surface area contributed by atoms with E-state index in [9.17, 15) is 4.79 Å². The number of rotatable bonds is 7. The zero-order valence-electron chi connectivity index (χ0n) is 11.5. The van der Waals surface area contributed by atoms with Crippen LogP contribution in [-0.4, -0.2) is 34.7 Å². The van der Waals surface area contributed by atoms with Crippen LogP contribution in [0.2, 0.25) is 0 Å². The normalized spacial score (nSPS) is 12.4. The van der Waals surface area contributed by atoms with Gasteiger partial charge in [-0.2, -0.15) is 0 Å². The molecule has 6 heteroatoms. The van der Waals surface area contributed by atoms with Gasteiger partial charge in [-0.05, 0) is 12.8 Å². The predicted molar refractivity (Wildman–Crippen MR) is 66.0 cm³/mol. The minimum absolute atomic E-state index is 0.0584. The third kappa shape index (κ3) is 3.53. The molecule has 1 heterocycles. The molecule has 0 aliphatic rings. The van der Waals surface area contributed by atoms with Crippen molar-refractivity contribution in [2.24, 2.45) is 7.05 Å². The Morgan fingerprint density at radius 2 is 2.17 bits per heavy atom. The first kappa shape index (κ1) is 14.6. The van der Waals surface area contributed by atoms with Crippen LogP contribution >= 0.6 is 0 Å². The molecule has 0 aliphatic carbocycles. The molecule has 0 N–H and O–H groups in total. The number of hydrogen-bond acceptors (Lipinski definition) is 5. The van der Waals surface area contributed by atoms with Gasteiger partial charge in [-0.25, -0.2) is 4.79 Å². The fraction of sp³-hybridized carbons (Fsp3) is 0.750. The fourth-order valence-corrected chi connectivity index (χ4v) is 1.79. The Bertz CT molecular complexity index is 390. The van der Waals surface area contributed by atoms with Crippen LogP contribution in [0.5, 0.6) is 0 Å². The van der Waals surface area contributed by atoms with Crippen molar-refractivity contribution < 1.29 is 14.3 Å². The highest BCUT2D eigenvalue weighted by molar-refractivity contribution is 5.70. The zero-order chi connectivity index (χ0) is 13.5. The number of ether oxygens (including phenoxy) is 2. The number of aryl methyl sites for hydroxylation is 1. The maximum Gasteiger partial charge on any atom is 0.331 e. The molecule has 0 spiro atoms. The van der Waals surface area contributed by atoms with Gasteiger partial charge in [0.15, 0.2) is 0 Å². The number of carbonyl (C=O) groups is 1. The number of hydrogen-bond donors (Lipinski definition) is 0. The zero-order valence-corrected chi connectivity index (χ0v) is 11.5. The SMILES string of the molecule is CCCc1c(C(CC)OCC(=O)OC)nnn1C. The molecule has 18 heavy (non-hydrogen) atoms. The Kier molecular flexibility index (Phi) is 5.77. The number of methoxy groups -OCH3 is 1. The maximum atomic E-state index is 11.1. The smallest absolute Gasteiger partial charge is 0.331 e. The Morgan fingerprint density at radius 3 is 2.72 bits per heavy atom. The lowest BCUT2D eigenvalue weighted by atomic mass is 10.1. The summed E-state index contributed by atoms with van der Waals surface area (Å²) >= 11 is 0. The number of aromatic nitrogens is 3. The summed E-state index contributed by atoms with van der Waals surface area (Å²) in [5.41, 5.74) is 1.89. The molecule has 0 aromatic carbocycles. The third-order valence-electron chi connectivity index (χ3n) is 2.77. The van der Waals surface area contributed by atoms with Crippen LogP contribution in [0.1, 0.15) is 44.2 Å².